The molecule has 94 valence electrons. The molecule has 1 aromatic carbocycles. The maximum atomic E-state index is 5.54. The molecule has 0 unspecified atom stereocenters. The Morgan fingerprint density at radius 2 is 1.67 bits per heavy atom. The van der Waals surface area contributed by atoms with Crippen LogP contribution in [0.3, 0.4) is 0 Å². The molecule has 0 aliphatic heterocycles. The fourth-order valence-electron chi connectivity index (χ4n) is 1.33. The van der Waals surface area contributed by atoms with Crippen molar-refractivity contribution < 1.29 is 9.47 Å². The van der Waals surface area contributed by atoms with Crippen molar-refractivity contribution in [2.45, 2.75) is 13.5 Å². The molecule has 18 heavy (non-hydrogen) atoms. The second-order valence-corrected chi connectivity index (χ2v) is 3.47. The Bertz CT molecular complexity index is 505. The van der Waals surface area contributed by atoms with E-state index in [-0.39, 0.29) is 18.0 Å². The molecule has 1 heterocycles. The summed E-state index contributed by atoms with van der Waals surface area (Å²) in [6, 6.07) is 10.1. The van der Waals surface area contributed by atoms with Gasteiger partial charge in [-0.15, -0.1) is 4.98 Å². The predicted octanol–water partition coefficient (Wildman–Crippen LogP) is 1.43. The highest BCUT2D eigenvalue weighted by molar-refractivity contribution is 5.21. The van der Waals surface area contributed by atoms with Crippen molar-refractivity contribution >= 4 is 5.95 Å². The van der Waals surface area contributed by atoms with Gasteiger partial charge >= 0.3 is 12.0 Å². The van der Waals surface area contributed by atoms with Crippen LogP contribution in [0.25, 0.3) is 0 Å². The van der Waals surface area contributed by atoms with Crippen molar-refractivity contribution in [3.63, 3.8) is 0 Å². The van der Waals surface area contributed by atoms with Gasteiger partial charge in [-0.2, -0.15) is 9.97 Å². The van der Waals surface area contributed by atoms with Gasteiger partial charge in [0.2, 0.25) is 5.95 Å². The van der Waals surface area contributed by atoms with Crippen LogP contribution >= 0.6 is 0 Å². The first-order chi connectivity index (χ1) is 8.78. The van der Waals surface area contributed by atoms with Gasteiger partial charge in [-0.05, 0) is 12.5 Å². The highest BCUT2D eigenvalue weighted by atomic mass is 16.5. The Balaban J connectivity index is 2.05. The number of nitrogens with two attached hydrogens (primary N) is 1. The van der Waals surface area contributed by atoms with Gasteiger partial charge in [0.15, 0.2) is 0 Å². The molecule has 1 aromatic heterocycles. The summed E-state index contributed by atoms with van der Waals surface area (Å²) < 4.78 is 10.6. The van der Waals surface area contributed by atoms with E-state index in [9.17, 15) is 0 Å². The van der Waals surface area contributed by atoms with Gasteiger partial charge in [-0.3, -0.25) is 0 Å². The topological polar surface area (TPSA) is 83.2 Å². The maximum Gasteiger partial charge on any atom is 0.324 e. The molecule has 0 atom stereocenters. The molecule has 2 aromatic rings. The number of nitrogen functional groups attached to an aromatic ring is 1. The third kappa shape index (κ3) is 3.31. The molecular formula is C12H14N4O2. The highest BCUT2D eigenvalue weighted by Gasteiger charge is 2.06. The zero-order chi connectivity index (χ0) is 12.8. The van der Waals surface area contributed by atoms with E-state index in [0.29, 0.717) is 13.2 Å². The Labute approximate surface area is 105 Å². The van der Waals surface area contributed by atoms with Crippen LogP contribution in [0.5, 0.6) is 12.0 Å². The predicted molar refractivity (Wildman–Crippen MR) is 66.2 cm³/mol. The largest absolute Gasteiger partial charge is 0.464 e. The zero-order valence-electron chi connectivity index (χ0n) is 10.0. The minimum atomic E-state index is 0.0801. The van der Waals surface area contributed by atoms with Crippen LogP contribution in [0, 0.1) is 0 Å². The average molecular weight is 246 g/mol. The van der Waals surface area contributed by atoms with Crippen LogP contribution in [-0.4, -0.2) is 21.6 Å². The first-order valence-corrected chi connectivity index (χ1v) is 5.59. The molecule has 2 N–H and O–H groups in total. The van der Waals surface area contributed by atoms with Gasteiger partial charge < -0.3 is 15.2 Å². The standard InChI is InChI=1S/C12H14N4O2/c1-2-17-11-14-10(13)15-12(16-11)18-8-9-6-4-3-5-7-9/h3-7H,2,8H2,1H3,(H2,13,14,15,16). The number of hydrogen-bond acceptors (Lipinski definition) is 6. The molecule has 0 radical (unpaired) electrons. The summed E-state index contributed by atoms with van der Waals surface area (Å²) >= 11 is 0. The molecule has 6 heteroatoms. The molecule has 0 amide bonds. The van der Waals surface area contributed by atoms with Gasteiger partial charge in [0.25, 0.3) is 0 Å². The van der Waals surface area contributed by atoms with Gasteiger partial charge in [-0.1, -0.05) is 30.3 Å². The van der Waals surface area contributed by atoms with Gasteiger partial charge in [-0.25, -0.2) is 0 Å². The van der Waals surface area contributed by atoms with E-state index in [0.717, 1.165) is 5.56 Å². The van der Waals surface area contributed by atoms with Crippen molar-refractivity contribution in [1.29, 1.82) is 0 Å². The molecular weight excluding hydrogens is 232 g/mol. The summed E-state index contributed by atoms with van der Waals surface area (Å²) in [4.78, 5) is 11.7. The summed E-state index contributed by atoms with van der Waals surface area (Å²) in [7, 11) is 0. The number of rotatable bonds is 5. The lowest BCUT2D eigenvalue weighted by molar-refractivity contribution is 0.262. The fraction of sp³-hybridized carbons (Fsp3) is 0.250. The molecule has 0 saturated carbocycles. The summed E-state index contributed by atoms with van der Waals surface area (Å²) in [5.41, 5.74) is 6.56. The quantitative estimate of drug-likeness (QED) is 0.859. The van der Waals surface area contributed by atoms with E-state index in [2.05, 4.69) is 15.0 Å². The van der Waals surface area contributed by atoms with E-state index in [1.54, 1.807) is 0 Å². The third-order valence-electron chi connectivity index (χ3n) is 2.10. The van der Waals surface area contributed by atoms with Crippen molar-refractivity contribution in [1.82, 2.24) is 15.0 Å². The van der Waals surface area contributed by atoms with E-state index in [4.69, 9.17) is 15.2 Å². The molecule has 0 aliphatic carbocycles. The molecule has 0 bridgehead atoms. The fourth-order valence-corrected chi connectivity index (χ4v) is 1.33. The van der Waals surface area contributed by atoms with E-state index < -0.39 is 0 Å². The smallest absolute Gasteiger partial charge is 0.324 e. The Morgan fingerprint density at radius 1 is 1.00 bits per heavy atom. The second-order valence-electron chi connectivity index (χ2n) is 3.47. The van der Waals surface area contributed by atoms with Gasteiger partial charge in [0.05, 0.1) is 6.61 Å². The summed E-state index contributed by atoms with van der Waals surface area (Å²) in [6.45, 7) is 2.67. The summed E-state index contributed by atoms with van der Waals surface area (Å²) in [6.07, 6.45) is 0. The molecule has 0 saturated heterocycles. The summed E-state index contributed by atoms with van der Waals surface area (Å²) in [5.74, 6) is 0.0801. The van der Waals surface area contributed by atoms with Crippen LogP contribution in [0.4, 0.5) is 5.95 Å². The molecule has 0 aliphatic rings. The monoisotopic (exact) mass is 246 g/mol. The maximum absolute atomic E-state index is 5.54. The lowest BCUT2D eigenvalue weighted by Crippen LogP contribution is -2.06. The first-order valence-electron chi connectivity index (χ1n) is 5.59. The van der Waals surface area contributed by atoms with Crippen LogP contribution in [-0.2, 0) is 6.61 Å². The minimum absolute atomic E-state index is 0.0801. The Kier molecular flexibility index (Phi) is 3.90. The number of benzene rings is 1. The zero-order valence-corrected chi connectivity index (χ0v) is 10.0. The lowest BCUT2D eigenvalue weighted by atomic mass is 10.2. The normalized spacial score (nSPS) is 10.1. The molecule has 2 rings (SSSR count). The van der Waals surface area contributed by atoms with E-state index in [1.807, 2.05) is 37.3 Å². The van der Waals surface area contributed by atoms with Crippen molar-refractivity contribution in [3.8, 4) is 12.0 Å². The van der Waals surface area contributed by atoms with Gasteiger partial charge in [0.1, 0.15) is 6.61 Å². The van der Waals surface area contributed by atoms with Crippen LogP contribution in [0.1, 0.15) is 12.5 Å². The minimum Gasteiger partial charge on any atom is -0.464 e. The Hall–Kier alpha value is -2.37. The first kappa shape index (κ1) is 12.1. The number of nitrogens with zero attached hydrogens (tertiary/aromatic N) is 3. The third-order valence-corrected chi connectivity index (χ3v) is 2.10. The second kappa shape index (κ2) is 5.81. The average Bonchev–Trinajstić information content (AvgIpc) is 2.37. The van der Waals surface area contributed by atoms with Crippen molar-refractivity contribution in [2.75, 3.05) is 12.3 Å². The van der Waals surface area contributed by atoms with Crippen LogP contribution < -0.4 is 15.2 Å². The van der Waals surface area contributed by atoms with Crippen LogP contribution in [0.15, 0.2) is 30.3 Å². The Morgan fingerprint density at radius 3 is 2.33 bits per heavy atom. The van der Waals surface area contributed by atoms with E-state index in [1.165, 1.54) is 0 Å². The number of anilines is 1. The molecule has 0 spiro atoms. The highest BCUT2D eigenvalue weighted by Crippen LogP contribution is 2.12. The number of aromatic nitrogens is 3. The lowest BCUT2D eigenvalue weighted by Gasteiger charge is -2.06. The van der Waals surface area contributed by atoms with Crippen molar-refractivity contribution in [3.05, 3.63) is 35.9 Å². The number of hydrogen-bond donors (Lipinski definition) is 1. The molecule has 0 fully saturated rings. The van der Waals surface area contributed by atoms with Gasteiger partial charge in [0, 0.05) is 0 Å². The van der Waals surface area contributed by atoms with Crippen LogP contribution in [0.2, 0.25) is 0 Å². The summed E-state index contributed by atoms with van der Waals surface area (Å²) in [5, 5.41) is 0. The van der Waals surface area contributed by atoms with Crippen molar-refractivity contribution in [2.24, 2.45) is 0 Å². The van der Waals surface area contributed by atoms with E-state index >= 15 is 0 Å². The SMILES string of the molecule is CCOc1nc(N)nc(OCc2ccccc2)n1. The number of ether oxygens (including phenoxy) is 2. The molecule has 6 nitrogen and oxygen atoms in total.